The van der Waals surface area contributed by atoms with Gasteiger partial charge in [0.25, 0.3) is 0 Å². The SMILES string of the molecule is C[C@@H](O)c1ccc(N2CCC(OCCO)CC2)cn1. The van der Waals surface area contributed by atoms with Crippen LogP contribution in [0.2, 0.25) is 0 Å². The first kappa shape index (κ1) is 14.2. The Bertz CT molecular complexity index is 373. The summed E-state index contributed by atoms with van der Waals surface area (Å²) in [6, 6.07) is 3.87. The molecule has 0 bridgehead atoms. The Morgan fingerprint density at radius 2 is 2.16 bits per heavy atom. The van der Waals surface area contributed by atoms with Gasteiger partial charge in [-0.2, -0.15) is 0 Å². The maximum absolute atomic E-state index is 9.43. The molecule has 1 fully saturated rings. The van der Waals surface area contributed by atoms with Crippen molar-refractivity contribution in [2.45, 2.75) is 32.0 Å². The third-order valence-electron chi connectivity index (χ3n) is 3.45. The van der Waals surface area contributed by atoms with Gasteiger partial charge >= 0.3 is 0 Å². The largest absolute Gasteiger partial charge is 0.394 e. The van der Waals surface area contributed by atoms with E-state index in [2.05, 4.69) is 9.88 Å². The molecule has 1 aromatic heterocycles. The fourth-order valence-electron chi connectivity index (χ4n) is 2.33. The van der Waals surface area contributed by atoms with Crippen LogP contribution in [0.15, 0.2) is 18.3 Å². The van der Waals surface area contributed by atoms with E-state index in [9.17, 15) is 5.11 Å². The number of rotatable bonds is 5. The molecule has 2 N–H and O–H groups in total. The lowest BCUT2D eigenvalue weighted by Gasteiger charge is -2.33. The highest BCUT2D eigenvalue weighted by molar-refractivity contribution is 5.45. The summed E-state index contributed by atoms with van der Waals surface area (Å²) in [6.07, 6.45) is 3.49. The van der Waals surface area contributed by atoms with E-state index in [4.69, 9.17) is 9.84 Å². The van der Waals surface area contributed by atoms with Crippen LogP contribution < -0.4 is 4.90 Å². The number of aliphatic hydroxyl groups excluding tert-OH is 2. The van der Waals surface area contributed by atoms with Crippen LogP contribution in [0.5, 0.6) is 0 Å². The molecule has 0 radical (unpaired) electrons. The summed E-state index contributed by atoms with van der Waals surface area (Å²) in [4.78, 5) is 6.54. The van der Waals surface area contributed by atoms with Gasteiger partial charge in [-0.05, 0) is 31.9 Å². The van der Waals surface area contributed by atoms with Crippen LogP contribution in [0.25, 0.3) is 0 Å². The summed E-state index contributed by atoms with van der Waals surface area (Å²) >= 11 is 0. The Balaban J connectivity index is 1.87. The zero-order valence-electron chi connectivity index (χ0n) is 11.3. The topological polar surface area (TPSA) is 65.8 Å². The van der Waals surface area contributed by atoms with Gasteiger partial charge in [0.15, 0.2) is 0 Å². The van der Waals surface area contributed by atoms with Crippen LogP contribution in [0.1, 0.15) is 31.6 Å². The average Bonchev–Trinajstić information content (AvgIpc) is 2.46. The Labute approximate surface area is 113 Å². The summed E-state index contributed by atoms with van der Waals surface area (Å²) < 4.78 is 5.54. The Hall–Kier alpha value is -1.17. The molecular formula is C14H22N2O3. The van der Waals surface area contributed by atoms with E-state index in [-0.39, 0.29) is 12.7 Å². The van der Waals surface area contributed by atoms with Crippen LogP contribution >= 0.6 is 0 Å². The third-order valence-corrected chi connectivity index (χ3v) is 3.45. The third kappa shape index (κ3) is 3.89. The highest BCUT2D eigenvalue weighted by atomic mass is 16.5. The molecule has 2 heterocycles. The van der Waals surface area contributed by atoms with E-state index in [1.54, 1.807) is 6.92 Å². The van der Waals surface area contributed by atoms with Crippen LogP contribution in [0.4, 0.5) is 5.69 Å². The highest BCUT2D eigenvalue weighted by Crippen LogP contribution is 2.21. The van der Waals surface area contributed by atoms with Gasteiger partial charge in [0, 0.05) is 13.1 Å². The van der Waals surface area contributed by atoms with Crippen LogP contribution in [0, 0.1) is 0 Å². The van der Waals surface area contributed by atoms with Crippen molar-refractivity contribution in [2.24, 2.45) is 0 Å². The smallest absolute Gasteiger partial charge is 0.0931 e. The zero-order chi connectivity index (χ0) is 13.7. The van der Waals surface area contributed by atoms with E-state index in [1.165, 1.54) is 0 Å². The lowest BCUT2D eigenvalue weighted by atomic mass is 10.1. The fraction of sp³-hybridized carbons (Fsp3) is 0.643. The molecule has 0 saturated carbocycles. The summed E-state index contributed by atoms with van der Waals surface area (Å²) in [6.45, 7) is 4.10. The lowest BCUT2D eigenvalue weighted by Crippen LogP contribution is -2.37. The number of hydrogen-bond donors (Lipinski definition) is 2. The standard InChI is InChI=1S/C14H22N2O3/c1-11(18)14-3-2-12(10-15-14)16-6-4-13(5-7-16)19-9-8-17/h2-3,10-11,13,17-18H,4-9H2,1H3/t11-/m1/s1. The van der Waals surface area contributed by atoms with Gasteiger partial charge in [-0.15, -0.1) is 0 Å². The predicted octanol–water partition coefficient (Wildman–Crippen LogP) is 1.11. The molecule has 2 rings (SSSR count). The van der Waals surface area contributed by atoms with Crippen molar-refractivity contribution in [2.75, 3.05) is 31.2 Å². The highest BCUT2D eigenvalue weighted by Gasteiger charge is 2.20. The van der Waals surface area contributed by atoms with E-state index in [0.717, 1.165) is 31.6 Å². The first-order chi connectivity index (χ1) is 9.20. The molecule has 0 spiro atoms. The van der Waals surface area contributed by atoms with E-state index < -0.39 is 6.10 Å². The number of hydrogen-bond acceptors (Lipinski definition) is 5. The number of aromatic nitrogens is 1. The Morgan fingerprint density at radius 1 is 1.42 bits per heavy atom. The molecule has 0 aliphatic carbocycles. The number of nitrogens with zero attached hydrogens (tertiary/aromatic N) is 2. The number of piperidine rings is 1. The summed E-state index contributed by atoms with van der Waals surface area (Å²) in [5.74, 6) is 0. The van der Waals surface area contributed by atoms with Crippen LogP contribution in [-0.4, -0.2) is 47.6 Å². The molecule has 1 aliphatic rings. The summed E-state index contributed by atoms with van der Waals surface area (Å²) in [5.41, 5.74) is 1.79. The van der Waals surface area contributed by atoms with Gasteiger partial charge in [0.1, 0.15) is 0 Å². The van der Waals surface area contributed by atoms with Gasteiger partial charge in [0.05, 0.1) is 43.0 Å². The lowest BCUT2D eigenvalue weighted by molar-refractivity contribution is 0.0159. The van der Waals surface area contributed by atoms with Gasteiger partial charge in [0.2, 0.25) is 0 Å². The monoisotopic (exact) mass is 266 g/mol. The number of ether oxygens (including phenoxy) is 1. The van der Waals surface area contributed by atoms with Gasteiger partial charge in [-0.3, -0.25) is 4.98 Å². The molecule has 106 valence electrons. The minimum absolute atomic E-state index is 0.0882. The second-order valence-corrected chi connectivity index (χ2v) is 4.90. The van der Waals surface area contributed by atoms with Gasteiger partial charge in [-0.1, -0.05) is 0 Å². The van der Waals surface area contributed by atoms with Crippen molar-refractivity contribution in [1.82, 2.24) is 4.98 Å². The summed E-state index contributed by atoms with van der Waals surface area (Å²) in [7, 11) is 0. The van der Waals surface area contributed by atoms with Crippen molar-refractivity contribution >= 4 is 5.69 Å². The molecule has 5 nitrogen and oxygen atoms in total. The van der Waals surface area contributed by atoms with Gasteiger partial charge < -0.3 is 19.8 Å². The average molecular weight is 266 g/mol. The van der Waals surface area contributed by atoms with Crippen LogP contribution in [-0.2, 0) is 4.74 Å². The maximum atomic E-state index is 9.43. The normalized spacial score (nSPS) is 18.6. The maximum Gasteiger partial charge on any atom is 0.0931 e. The zero-order valence-corrected chi connectivity index (χ0v) is 11.3. The quantitative estimate of drug-likeness (QED) is 0.836. The number of anilines is 1. The second-order valence-electron chi connectivity index (χ2n) is 4.90. The minimum atomic E-state index is -0.522. The van der Waals surface area contributed by atoms with Crippen molar-refractivity contribution in [3.05, 3.63) is 24.0 Å². The van der Waals surface area contributed by atoms with E-state index in [0.29, 0.717) is 12.3 Å². The Morgan fingerprint density at radius 3 is 2.68 bits per heavy atom. The van der Waals surface area contributed by atoms with E-state index in [1.807, 2.05) is 18.3 Å². The molecule has 1 saturated heterocycles. The van der Waals surface area contributed by atoms with Crippen molar-refractivity contribution in [3.63, 3.8) is 0 Å². The van der Waals surface area contributed by atoms with Crippen molar-refractivity contribution in [3.8, 4) is 0 Å². The van der Waals surface area contributed by atoms with Crippen LogP contribution in [0.3, 0.4) is 0 Å². The van der Waals surface area contributed by atoms with Crippen molar-refractivity contribution < 1.29 is 14.9 Å². The minimum Gasteiger partial charge on any atom is -0.394 e. The molecule has 1 atom stereocenters. The molecule has 1 aliphatic heterocycles. The predicted molar refractivity (Wildman–Crippen MR) is 73.1 cm³/mol. The number of aliphatic hydroxyl groups is 2. The fourth-order valence-corrected chi connectivity index (χ4v) is 2.33. The summed E-state index contributed by atoms with van der Waals surface area (Å²) in [5, 5.41) is 18.2. The molecule has 0 amide bonds. The van der Waals surface area contributed by atoms with E-state index >= 15 is 0 Å². The number of pyridine rings is 1. The first-order valence-corrected chi connectivity index (χ1v) is 6.82. The molecule has 0 aromatic carbocycles. The molecule has 1 aromatic rings. The molecule has 19 heavy (non-hydrogen) atoms. The van der Waals surface area contributed by atoms with Crippen molar-refractivity contribution in [1.29, 1.82) is 0 Å². The first-order valence-electron chi connectivity index (χ1n) is 6.82. The molecule has 0 unspecified atom stereocenters. The molecular weight excluding hydrogens is 244 g/mol. The second kappa shape index (κ2) is 6.84. The van der Waals surface area contributed by atoms with Gasteiger partial charge in [-0.25, -0.2) is 0 Å². The Kier molecular flexibility index (Phi) is 5.13. The molecule has 5 heteroatoms.